The Morgan fingerprint density at radius 3 is 2.40 bits per heavy atom. The van der Waals surface area contributed by atoms with Crippen molar-refractivity contribution in [2.45, 2.75) is 19.5 Å². The van der Waals surface area contributed by atoms with Crippen LogP contribution in [0.1, 0.15) is 29.3 Å². The van der Waals surface area contributed by atoms with Crippen LogP contribution in [-0.4, -0.2) is 5.78 Å². The molecule has 15 heavy (non-hydrogen) atoms. The fourth-order valence-corrected chi connectivity index (χ4v) is 1.94. The Morgan fingerprint density at radius 2 is 2.00 bits per heavy atom. The number of alkyl halides is 3. The molecule has 0 amide bonds. The zero-order valence-electron chi connectivity index (χ0n) is 7.86. The number of carbonyl (C=O) groups excluding carboxylic acids is 1. The van der Waals surface area contributed by atoms with Crippen LogP contribution >= 0.6 is 22.6 Å². The minimum atomic E-state index is -4.36. The molecule has 82 valence electrons. The Labute approximate surface area is 98.8 Å². The number of ketones is 1. The second-order valence-electron chi connectivity index (χ2n) is 2.97. The summed E-state index contributed by atoms with van der Waals surface area (Å²) < 4.78 is 37.2. The Morgan fingerprint density at radius 1 is 1.40 bits per heavy atom. The van der Waals surface area contributed by atoms with E-state index in [1.54, 1.807) is 29.5 Å². The van der Waals surface area contributed by atoms with Gasteiger partial charge < -0.3 is 0 Å². The molecule has 0 radical (unpaired) electrons. The van der Waals surface area contributed by atoms with Gasteiger partial charge in [0.15, 0.2) is 5.78 Å². The topological polar surface area (TPSA) is 17.1 Å². The molecule has 0 saturated heterocycles. The predicted molar refractivity (Wildman–Crippen MR) is 58.8 cm³/mol. The monoisotopic (exact) mass is 328 g/mol. The molecule has 0 bridgehead atoms. The van der Waals surface area contributed by atoms with E-state index in [2.05, 4.69) is 0 Å². The van der Waals surface area contributed by atoms with E-state index in [0.717, 1.165) is 6.07 Å². The van der Waals surface area contributed by atoms with Gasteiger partial charge in [-0.3, -0.25) is 4.79 Å². The maximum absolute atomic E-state index is 12.4. The Hall–Kier alpha value is -0.590. The number of rotatable bonds is 2. The molecule has 0 saturated carbocycles. The van der Waals surface area contributed by atoms with Crippen LogP contribution in [0.3, 0.4) is 0 Å². The standard InChI is InChI=1S/C10H8F3IO/c1-2-9(15)6-3-4-7(8(14)5-6)10(11,12)13/h3-5H,2H2,1H3. The van der Waals surface area contributed by atoms with Crippen molar-refractivity contribution in [1.82, 2.24) is 0 Å². The fourth-order valence-electron chi connectivity index (χ4n) is 1.12. The molecule has 0 heterocycles. The molecule has 0 spiro atoms. The van der Waals surface area contributed by atoms with Gasteiger partial charge in [-0.15, -0.1) is 0 Å². The Kier molecular flexibility index (Phi) is 3.75. The maximum Gasteiger partial charge on any atom is 0.417 e. The van der Waals surface area contributed by atoms with Crippen LogP contribution in [-0.2, 0) is 6.18 Å². The molecule has 1 aromatic carbocycles. The summed E-state index contributed by atoms with van der Waals surface area (Å²) in [6.07, 6.45) is -4.06. The van der Waals surface area contributed by atoms with Gasteiger partial charge in [-0.05, 0) is 34.7 Å². The second kappa shape index (κ2) is 4.51. The summed E-state index contributed by atoms with van der Waals surface area (Å²) in [7, 11) is 0. The molecular formula is C10H8F3IO. The van der Waals surface area contributed by atoms with E-state index in [9.17, 15) is 18.0 Å². The van der Waals surface area contributed by atoms with Gasteiger partial charge in [-0.1, -0.05) is 13.0 Å². The van der Waals surface area contributed by atoms with Crippen molar-refractivity contribution in [3.8, 4) is 0 Å². The van der Waals surface area contributed by atoms with Gasteiger partial charge >= 0.3 is 6.18 Å². The quantitative estimate of drug-likeness (QED) is 0.594. The van der Waals surface area contributed by atoms with Gasteiger partial charge in [0.25, 0.3) is 0 Å². The summed E-state index contributed by atoms with van der Waals surface area (Å²) >= 11 is 1.59. The summed E-state index contributed by atoms with van der Waals surface area (Å²) in [5.74, 6) is -0.151. The third-order valence-corrected chi connectivity index (χ3v) is 2.81. The molecule has 1 aromatic rings. The smallest absolute Gasteiger partial charge is 0.294 e. The minimum Gasteiger partial charge on any atom is -0.294 e. The van der Waals surface area contributed by atoms with E-state index in [1.165, 1.54) is 12.1 Å². The molecule has 0 aliphatic heterocycles. The molecule has 1 rings (SSSR count). The molecule has 1 nitrogen and oxygen atoms in total. The first-order valence-electron chi connectivity index (χ1n) is 4.26. The van der Waals surface area contributed by atoms with E-state index in [4.69, 9.17) is 0 Å². The average Bonchev–Trinajstić information content (AvgIpc) is 2.14. The van der Waals surface area contributed by atoms with Crippen molar-refractivity contribution >= 4 is 28.4 Å². The third-order valence-electron chi connectivity index (χ3n) is 1.92. The van der Waals surface area contributed by atoms with Crippen molar-refractivity contribution in [2.24, 2.45) is 0 Å². The van der Waals surface area contributed by atoms with Crippen molar-refractivity contribution in [3.63, 3.8) is 0 Å². The second-order valence-corrected chi connectivity index (χ2v) is 4.13. The van der Waals surface area contributed by atoms with Crippen LogP contribution < -0.4 is 0 Å². The Bertz CT molecular complexity index is 385. The largest absolute Gasteiger partial charge is 0.417 e. The normalized spacial score (nSPS) is 11.5. The molecule has 0 N–H and O–H groups in total. The van der Waals surface area contributed by atoms with Crippen molar-refractivity contribution in [3.05, 3.63) is 32.9 Å². The third kappa shape index (κ3) is 2.93. The van der Waals surface area contributed by atoms with Crippen LogP contribution in [0.5, 0.6) is 0 Å². The molecular weight excluding hydrogens is 320 g/mol. The van der Waals surface area contributed by atoms with E-state index in [-0.39, 0.29) is 9.35 Å². The van der Waals surface area contributed by atoms with Crippen LogP contribution in [0.4, 0.5) is 13.2 Å². The summed E-state index contributed by atoms with van der Waals surface area (Å²) in [6.45, 7) is 1.67. The lowest BCUT2D eigenvalue weighted by Crippen LogP contribution is -2.08. The average molecular weight is 328 g/mol. The van der Waals surface area contributed by atoms with Crippen LogP contribution in [0.25, 0.3) is 0 Å². The highest BCUT2D eigenvalue weighted by Crippen LogP contribution is 2.33. The van der Waals surface area contributed by atoms with E-state index >= 15 is 0 Å². The first-order chi connectivity index (χ1) is 6.86. The highest BCUT2D eigenvalue weighted by atomic mass is 127. The molecule has 0 aliphatic rings. The first-order valence-corrected chi connectivity index (χ1v) is 5.34. The van der Waals surface area contributed by atoms with Gasteiger partial charge in [0.2, 0.25) is 0 Å². The highest BCUT2D eigenvalue weighted by Gasteiger charge is 2.32. The number of Topliss-reactive ketones (excluding diaryl/α,β-unsaturated/α-hetero) is 1. The van der Waals surface area contributed by atoms with Gasteiger partial charge in [-0.2, -0.15) is 13.2 Å². The van der Waals surface area contributed by atoms with Crippen LogP contribution in [0.15, 0.2) is 18.2 Å². The van der Waals surface area contributed by atoms with Crippen molar-refractivity contribution in [2.75, 3.05) is 0 Å². The molecule has 5 heteroatoms. The maximum atomic E-state index is 12.4. The SMILES string of the molecule is CCC(=O)c1ccc(C(F)(F)F)c(I)c1. The van der Waals surface area contributed by atoms with Gasteiger partial charge in [0, 0.05) is 15.6 Å². The predicted octanol–water partition coefficient (Wildman–Crippen LogP) is 3.90. The molecule has 0 fully saturated rings. The first kappa shape index (κ1) is 12.5. The number of hydrogen-bond donors (Lipinski definition) is 0. The molecule has 0 unspecified atom stereocenters. The zero-order valence-corrected chi connectivity index (χ0v) is 10.0. The number of benzene rings is 1. The minimum absolute atomic E-state index is 0.0550. The number of hydrogen-bond acceptors (Lipinski definition) is 1. The van der Waals surface area contributed by atoms with E-state index < -0.39 is 11.7 Å². The van der Waals surface area contributed by atoms with Gasteiger partial charge in [-0.25, -0.2) is 0 Å². The summed E-state index contributed by atoms with van der Waals surface area (Å²) in [5, 5.41) is 0. The summed E-state index contributed by atoms with van der Waals surface area (Å²) in [5.41, 5.74) is -0.370. The lowest BCUT2D eigenvalue weighted by molar-refractivity contribution is -0.138. The van der Waals surface area contributed by atoms with Gasteiger partial charge in [0.05, 0.1) is 5.56 Å². The lowest BCUT2D eigenvalue weighted by atomic mass is 10.1. The summed E-state index contributed by atoms with van der Waals surface area (Å²) in [4.78, 5) is 11.2. The lowest BCUT2D eigenvalue weighted by Gasteiger charge is -2.09. The number of carbonyl (C=O) groups is 1. The zero-order chi connectivity index (χ0) is 11.6. The molecule has 0 aliphatic carbocycles. The fraction of sp³-hybridized carbons (Fsp3) is 0.300. The van der Waals surface area contributed by atoms with Crippen LogP contribution in [0, 0.1) is 3.57 Å². The highest BCUT2D eigenvalue weighted by molar-refractivity contribution is 14.1. The van der Waals surface area contributed by atoms with Gasteiger partial charge in [0.1, 0.15) is 0 Å². The Balaban J connectivity index is 3.15. The summed E-state index contributed by atoms with van der Waals surface area (Å²) in [6, 6.07) is 3.44. The number of halogens is 4. The molecule has 0 atom stereocenters. The van der Waals surface area contributed by atoms with Crippen molar-refractivity contribution in [1.29, 1.82) is 0 Å². The van der Waals surface area contributed by atoms with E-state index in [0.29, 0.717) is 12.0 Å². The van der Waals surface area contributed by atoms with E-state index in [1.807, 2.05) is 0 Å². The van der Waals surface area contributed by atoms with Crippen molar-refractivity contribution < 1.29 is 18.0 Å². The van der Waals surface area contributed by atoms with Crippen LogP contribution in [0.2, 0.25) is 0 Å². The molecule has 0 aromatic heterocycles.